The van der Waals surface area contributed by atoms with E-state index in [2.05, 4.69) is 15.6 Å². The van der Waals surface area contributed by atoms with Crippen molar-refractivity contribution in [2.24, 2.45) is 4.99 Å². The smallest absolute Gasteiger partial charge is 0.243 e. The first kappa shape index (κ1) is 17.3. The SMILES string of the molecule is CN(C)C(=O)CN=C(NCC(=O)N(C)C)NC1CCCC1. The molecule has 0 atom stereocenters. The van der Waals surface area contributed by atoms with Crippen molar-refractivity contribution in [2.75, 3.05) is 41.3 Å². The number of guanidine groups is 1. The average Bonchev–Trinajstić information content (AvgIpc) is 2.93. The van der Waals surface area contributed by atoms with Crippen LogP contribution in [0, 0.1) is 0 Å². The number of likely N-dealkylation sites (N-methyl/N-ethyl adjacent to an activating group) is 2. The van der Waals surface area contributed by atoms with E-state index in [0.29, 0.717) is 12.0 Å². The highest BCUT2D eigenvalue weighted by Crippen LogP contribution is 2.17. The van der Waals surface area contributed by atoms with Crippen molar-refractivity contribution in [1.82, 2.24) is 20.4 Å². The number of hydrogen-bond donors (Lipinski definition) is 2. The zero-order chi connectivity index (χ0) is 15.8. The number of carbonyl (C=O) groups is 2. The summed E-state index contributed by atoms with van der Waals surface area (Å²) in [7, 11) is 6.82. The summed E-state index contributed by atoms with van der Waals surface area (Å²) in [5, 5.41) is 6.30. The fraction of sp³-hybridized carbons (Fsp3) is 0.786. The van der Waals surface area contributed by atoms with Crippen molar-refractivity contribution in [2.45, 2.75) is 31.7 Å². The number of aliphatic imine (C=N–C) groups is 1. The number of nitrogens with zero attached hydrogens (tertiary/aromatic N) is 3. The van der Waals surface area contributed by atoms with Gasteiger partial charge in [0.15, 0.2) is 5.96 Å². The molecule has 2 amide bonds. The van der Waals surface area contributed by atoms with Crippen LogP contribution in [0.3, 0.4) is 0 Å². The van der Waals surface area contributed by atoms with E-state index in [1.807, 2.05) is 0 Å². The summed E-state index contributed by atoms with van der Waals surface area (Å²) in [6, 6.07) is 0.375. The van der Waals surface area contributed by atoms with E-state index < -0.39 is 0 Å². The summed E-state index contributed by atoms with van der Waals surface area (Å²) in [6.07, 6.45) is 4.62. The fourth-order valence-electron chi connectivity index (χ4n) is 2.02. The molecule has 7 heteroatoms. The third kappa shape index (κ3) is 6.46. The van der Waals surface area contributed by atoms with Crippen molar-refractivity contribution in [3.63, 3.8) is 0 Å². The standard InChI is InChI=1S/C14H27N5O2/c1-18(2)12(20)9-15-14(16-10-13(21)19(3)4)17-11-7-5-6-8-11/h11H,5-10H2,1-4H3,(H2,15,16,17). The number of nitrogens with one attached hydrogen (secondary N) is 2. The highest BCUT2D eigenvalue weighted by atomic mass is 16.2. The van der Waals surface area contributed by atoms with Gasteiger partial charge in [-0.05, 0) is 12.8 Å². The Kier molecular flexibility index (Phi) is 6.98. The van der Waals surface area contributed by atoms with Gasteiger partial charge in [-0.25, -0.2) is 4.99 Å². The molecule has 1 saturated carbocycles. The lowest BCUT2D eigenvalue weighted by Gasteiger charge is -2.18. The molecule has 1 rings (SSSR count). The van der Waals surface area contributed by atoms with Crippen molar-refractivity contribution in [3.8, 4) is 0 Å². The molecule has 0 heterocycles. The molecule has 0 saturated heterocycles. The molecule has 0 radical (unpaired) electrons. The van der Waals surface area contributed by atoms with Gasteiger partial charge in [0.1, 0.15) is 6.54 Å². The lowest BCUT2D eigenvalue weighted by Crippen LogP contribution is -2.46. The van der Waals surface area contributed by atoms with Crippen LogP contribution in [0.25, 0.3) is 0 Å². The zero-order valence-electron chi connectivity index (χ0n) is 13.5. The van der Waals surface area contributed by atoms with Gasteiger partial charge in [-0.15, -0.1) is 0 Å². The molecular weight excluding hydrogens is 270 g/mol. The second kappa shape index (κ2) is 8.49. The third-order valence-electron chi connectivity index (χ3n) is 3.47. The van der Waals surface area contributed by atoms with Crippen LogP contribution in [0.5, 0.6) is 0 Å². The van der Waals surface area contributed by atoms with Crippen molar-refractivity contribution in [3.05, 3.63) is 0 Å². The predicted molar refractivity (Wildman–Crippen MR) is 83.1 cm³/mol. The van der Waals surface area contributed by atoms with Crippen LogP contribution >= 0.6 is 0 Å². The zero-order valence-corrected chi connectivity index (χ0v) is 13.5. The maximum Gasteiger partial charge on any atom is 0.243 e. The minimum Gasteiger partial charge on any atom is -0.354 e. The monoisotopic (exact) mass is 297 g/mol. The Morgan fingerprint density at radius 2 is 1.62 bits per heavy atom. The van der Waals surface area contributed by atoms with E-state index in [-0.39, 0.29) is 24.9 Å². The lowest BCUT2D eigenvalue weighted by atomic mass is 10.2. The minimum absolute atomic E-state index is 0.0325. The van der Waals surface area contributed by atoms with Gasteiger partial charge < -0.3 is 20.4 Å². The van der Waals surface area contributed by atoms with Gasteiger partial charge in [-0.3, -0.25) is 9.59 Å². The molecule has 0 unspecified atom stereocenters. The Bertz CT molecular complexity index is 387. The van der Waals surface area contributed by atoms with Crippen LogP contribution < -0.4 is 10.6 Å². The van der Waals surface area contributed by atoms with Crippen LogP contribution in [-0.2, 0) is 9.59 Å². The molecule has 0 aromatic heterocycles. The minimum atomic E-state index is -0.0681. The lowest BCUT2D eigenvalue weighted by molar-refractivity contribution is -0.127. The first-order valence-electron chi connectivity index (χ1n) is 7.35. The van der Waals surface area contributed by atoms with E-state index in [1.165, 1.54) is 22.6 Å². The Labute approximate surface area is 126 Å². The van der Waals surface area contributed by atoms with E-state index in [9.17, 15) is 9.59 Å². The molecule has 120 valence electrons. The summed E-state index contributed by atoms with van der Waals surface area (Å²) in [4.78, 5) is 30.5. The van der Waals surface area contributed by atoms with Crippen LogP contribution in [-0.4, -0.2) is 74.9 Å². The summed E-state index contributed by atoms with van der Waals surface area (Å²) in [6.45, 7) is 0.243. The van der Waals surface area contributed by atoms with Gasteiger partial charge in [0.05, 0.1) is 6.54 Å². The second-order valence-corrected chi connectivity index (χ2v) is 5.72. The van der Waals surface area contributed by atoms with Gasteiger partial charge in [0.2, 0.25) is 11.8 Å². The number of hydrogen-bond acceptors (Lipinski definition) is 3. The van der Waals surface area contributed by atoms with Crippen molar-refractivity contribution >= 4 is 17.8 Å². The van der Waals surface area contributed by atoms with Crippen LogP contribution in [0.4, 0.5) is 0 Å². The molecular formula is C14H27N5O2. The van der Waals surface area contributed by atoms with Gasteiger partial charge in [-0.2, -0.15) is 0 Å². The van der Waals surface area contributed by atoms with Gasteiger partial charge in [-0.1, -0.05) is 12.8 Å². The fourth-order valence-corrected chi connectivity index (χ4v) is 2.02. The maximum absolute atomic E-state index is 11.6. The van der Waals surface area contributed by atoms with Gasteiger partial charge >= 0.3 is 0 Å². The Morgan fingerprint density at radius 1 is 1.05 bits per heavy atom. The first-order chi connectivity index (χ1) is 9.90. The molecule has 7 nitrogen and oxygen atoms in total. The molecule has 2 N–H and O–H groups in total. The van der Waals surface area contributed by atoms with Crippen LogP contribution in [0.2, 0.25) is 0 Å². The van der Waals surface area contributed by atoms with E-state index in [4.69, 9.17) is 0 Å². The highest BCUT2D eigenvalue weighted by molar-refractivity contribution is 5.88. The molecule has 0 aromatic carbocycles. The van der Waals surface area contributed by atoms with Crippen molar-refractivity contribution < 1.29 is 9.59 Å². The maximum atomic E-state index is 11.6. The van der Waals surface area contributed by atoms with Crippen molar-refractivity contribution in [1.29, 1.82) is 0 Å². The van der Waals surface area contributed by atoms with E-state index in [1.54, 1.807) is 28.2 Å². The molecule has 21 heavy (non-hydrogen) atoms. The molecule has 1 aliphatic rings. The van der Waals surface area contributed by atoms with Gasteiger partial charge in [0, 0.05) is 34.2 Å². The summed E-state index contributed by atoms with van der Waals surface area (Å²) in [5.74, 6) is 0.434. The Morgan fingerprint density at radius 3 is 2.14 bits per heavy atom. The van der Waals surface area contributed by atoms with E-state index >= 15 is 0 Å². The normalized spacial score (nSPS) is 15.7. The molecule has 0 spiro atoms. The van der Waals surface area contributed by atoms with Crippen LogP contribution in [0.15, 0.2) is 4.99 Å². The third-order valence-corrected chi connectivity index (χ3v) is 3.47. The van der Waals surface area contributed by atoms with Gasteiger partial charge in [0.25, 0.3) is 0 Å². The summed E-state index contributed by atoms with van der Waals surface area (Å²) < 4.78 is 0. The predicted octanol–water partition coefficient (Wildman–Crippen LogP) is -0.359. The average molecular weight is 297 g/mol. The molecule has 0 bridgehead atoms. The first-order valence-corrected chi connectivity index (χ1v) is 7.35. The highest BCUT2D eigenvalue weighted by Gasteiger charge is 2.17. The quantitative estimate of drug-likeness (QED) is 0.537. The molecule has 0 aliphatic heterocycles. The van der Waals surface area contributed by atoms with E-state index in [0.717, 1.165) is 12.8 Å². The summed E-state index contributed by atoms with van der Waals surface area (Å²) in [5.41, 5.74) is 0. The molecule has 0 aromatic rings. The number of carbonyl (C=O) groups excluding carboxylic acids is 2. The number of rotatable bonds is 5. The largest absolute Gasteiger partial charge is 0.354 e. The second-order valence-electron chi connectivity index (χ2n) is 5.72. The Hall–Kier alpha value is -1.79. The van der Waals surface area contributed by atoms with Crippen LogP contribution in [0.1, 0.15) is 25.7 Å². The molecule has 1 aliphatic carbocycles. The molecule has 1 fully saturated rings. The number of amides is 2. The Balaban J connectivity index is 2.57. The topological polar surface area (TPSA) is 77.0 Å². The summed E-state index contributed by atoms with van der Waals surface area (Å²) >= 11 is 0.